The van der Waals surface area contributed by atoms with Gasteiger partial charge < -0.3 is 5.32 Å². The van der Waals surface area contributed by atoms with Crippen LogP contribution in [0.5, 0.6) is 0 Å². The molecule has 1 saturated carbocycles. The molecule has 31 heavy (non-hydrogen) atoms. The van der Waals surface area contributed by atoms with Crippen molar-refractivity contribution in [3.05, 3.63) is 88.6 Å². The standard InChI is InChI=1S/C24H21FN4O2/c25-18-10-8-17(9-11-18)22-27-28(24(31)29(22)19-12-13-19)15-14-26-23(30)21-7-3-5-16-4-1-2-6-20(16)21/h1-11,19H,12-15H2,(H,26,30). The predicted octanol–water partition coefficient (Wildman–Crippen LogP) is 3.77. The zero-order valence-corrected chi connectivity index (χ0v) is 16.8. The van der Waals surface area contributed by atoms with Gasteiger partial charge in [-0.25, -0.2) is 13.9 Å². The second-order valence-corrected chi connectivity index (χ2v) is 7.72. The van der Waals surface area contributed by atoms with Crippen molar-refractivity contribution in [2.75, 3.05) is 6.54 Å². The Morgan fingerprint density at radius 3 is 2.55 bits per heavy atom. The number of amides is 1. The Kier molecular flexibility index (Phi) is 4.86. The van der Waals surface area contributed by atoms with Crippen LogP contribution in [0.2, 0.25) is 0 Å². The SMILES string of the molecule is O=C(NCCn1nc(-c2ccc(F)cc2)n(C2CC2)c1=O)c1cccc2ccccc12. The van der Waals surface area contributed by atoms with E-state index in [9.17, 15) is 14.0 Å². The van der Waals surface area contributed by atoms with E-state index in [0.29, 0.717) is 17.0 Å². The summed E-state index contributed by atoms with van der Waals surface area (Å²) >= 11 is 0. The molecule has 5 rings (SSSR count). The van der Waals surface area contributed by atoms with Crippen molar-refractivity contribution in [1.82, 2.24) is 19.7 Å². The minimum absolute atomic E-state index is 0.131. The molecule has 0 bridgehead atoms. The van der Waals surface area contributed by atoms with Gasteiger partial charge >= 0.3 is 5.69 Å². The molecule has 156 valence electrons. The number of aromatic nitrogens is 3. The van der Waals surface area contributed by atoms with Crippen LogP contribution >= 0.6 is 0 Å². The Hall–Kier alpha value is -3.74. The van der Waals surface area contributed by atoms with E-state index in [1.54, 1.807) is 22.8 Å². The Bertz CT molecular complexity index is 1310. The number of hydrogen-bond donors (Lipinski definition) is 1. The van der Waals surface area contributed by atoms with E-state index < -0.39 is 0 Å². The lowest BCUT2D eigenvalue weighted by atomic mass is 10.0. The largest absolute Gasteiger partial charge is 0.350 e. The summed E-state index contributed by atoms with van der Waals surface area (Å²) in [4.78, 5) is 25.6. The number of halogens is 1. The molecule has 1 fully saturated rings. The van der Waals surface area contributed by atoms with Crippen LogP contribution in [0.25, 0.3) is 22.2 Å². The van der Waals surface area contributed by atoms with Crippen molar-refractivity contribution in [3.63, 3.8) is 0 Å². The van der Waals surface area contributed by atoms with Crippen molar-refractivity contribution in [3.8, 4) is 11.4 Å². The van der Waals surface area contributed by atoms with Crippen LogP contribution in [-0.2, 0) is 6.54 Å². The van der Waals surface area contributed by atoms with E-state index in [-0.39, 0.29) is 36.5 Å². The maximum Gasteiger partial charge on any atom is 0.346 e. The predicted molar refractivity (Wildman–Crippen MR) is 116 cm³/mol. The fourth-order valence-corrected chi connectivity index (χ4v) is 3.82. The van der Waals surface area contributed by atoms with Crippen molar-refractivity contribution in [1.29, 1.82) is 0 Å². The van der Waals surface area contributed by atoms with Crippen LogP contribution < -0.4 is 11.0 Å². The van der Waals surface area contributed by atoms with Crippen molar-refractivity contribution in [2.24, 2.45) is 0 Å². The first-order valence-corrected chi connectivity index (χ1v) is 10.3. The van der Waals surface area contributed by atoms with E-state index in [1.165, 1.54) is 16.8 Å². The van der Waals surface area contributed by atoms with Crippen molar-refractivity contribution >= 4 is 16.7 Å². The van der Waals surface area contributed by atoms with E-state index >= 15 is 0 Å². The molecule has 3 aromatic carbocycles. The lowest BCUT2D eigenvalue weighted by Gasteiger charge is -2.08. The van der Waals surface area contributed by atoms with E-state index in [4.69, 9.17) is 0 Å². The summed E-state index contributed by atoms with van der Waals surface area (Å²) in [6.45, 7) is 0.524. The summed E-state index contributed by atoms with van der Waals surface area (Å²) in [5.41, 5.74) is 1.09. The van der Waals surface area contributed by atoms with Crippen LogP contribution in [0.4, 0.5) is 4.39 Å². The smallest absolute Gasteiger partial charge is 0.346 e. The van der Waals surface area contributed by atoms with Crippen LogP contribution in [0.1, 0.15) is 29.2 Å². The highest BCUT2D eigenvalue weighted by Crippen LogP contribution is 2.36. The molecule has 1 amide bonds. The maximum atomic E-state index is 13.3. The molecule has 0 spiro atoms. The van der Waals surface area contributed by atoms with Crippen LogP contribution in [-0.4, -0.2) is 26.8 Å². The molecule has 4 aromatic rings. The summed E-state index contributed by atoms with van der Waals surface area (Å²) in [5, 5.41) is 9.26. The molecule has 6 nitrogen and oxygen atoms in total. The Morgan fingerprint density at radius 2 is 1.77 bits per heavy atom. The van der Waals surface area contributed by atoms with Gasteiger partial charge in [-0.05, 0) is 53.9 Å². The second-order valence-electron chi connectivity index (χ2n) is 7.72. The first-order chi connectivity index (χ1) is 15.1. The highest BCUT2D eigenvalue weighted by atomic mass is 19.1. The molecule has 1 aliphatic rings. The van der Waals surface area contributed by atoms with Gasteiger partial charge in [0.2, 0.25) is 0 Å². The minimum atomic E-state index is -0.334. The molecule has 1 heterocycles. The first-order valence-electron chi connectivity index (χ1n) is 10.3. The molecule has 1 N–H and O–H groups in total. The lowest BCUT2D eigenvalue weighted by Crippen LogP contribution is -2.32. The zero-order valence-electron chi connectivity index (χ0n) is 16.8. The fourth-order valence-electron chi connectivity index (χ4n) is 3.82. The summed E-state index contributed by atoms with van der Waals surface area (Å²) in [5.74, 6) is 0.0118. The zero-order chi connectivity index (χ0) is 21.4. The summed E-state index contributed by atoms with van der Waals surface area (Å²) in [6, 6.07) is 19.4. The van der Waals surface area contributed by atoms with Gasteiger partial charge in [-0.3, -0.25) is 9.36 Å². The number of nitrogens with zero attached hydrogens (tertiary/aromatic N) is 3. The molecule has 7 heteroatoms. The molecule has 0 unspecified atom stereocenters. The maximum absolute atomic E-state index is 13.3. The quantitative estimate of drug-likeness (QED) is 0.520. The summed E-state index contributed by atoms with van der Waals surface area (Å²) in [6.07, 6.45) is 1.86. The highest BCUT2D eigenvalue weighted by Gasteiger charge is 2.30. The topological polar surface area (TPSA) is 68.9 Å². The summed E-state index contributed by atoms with van der Waals surface area (Å²) < 4.78 is 16.4. The Balaban J connectivity index is 1.35. The van der Waals surface area contributed by atoms with Gasteiger partial charge in [-0.2, -0.15) is 0 Å². The van der Waals surface area contributed by atoms with Gasteiger partial charge in [0, 0.05) is 23.7 Å². The van der Waals surface area contributed by atoms with Crippen molar-refractivity contribution in [2.45, 2.75) is 25.4 Å². The van der Waals surface area contributed by atoms with E-state index in [1.807, 2.05) is 36.4 Å². The number of carbonyl (C=O) groups is 1. The molecular formula is C24H21FN4O2. The average Bonchev–Trinajstić information content (AvgIpc) is 3.57. The van der Waals surface area contributed by atoms with E-state index in [0.717, 1.165) is 23.6 Å². The minimum Gasteiger partial charge on any atom is -0.350 e. The number of benzene rings is 3. The van der Waals surface area contributed by atoms with Gasteiger partial charge in [-0.1, -0.05) is 36.4 Å². The third-order valence-corrected chi connectivity index (χ3v) is 5.53. The number of carbonyl (C=O) groups excluding carboxylic acids is 1. The lowest BCUT2D eigenvalue weighted by molar-refractivity contribution is 0.0953. The average molecular weight is 416 g/mol. The first kappa shape index (κ1) is 19.2. The van der Waals surface area contributed by atoms with Gasteiger partial charge in [0.1, 0.15) is 5.82 Å². The van der Waals surface area contributed by atoms with Crippen LogP contribution in [0, 0.1) is 5.82 Å². The van der Waals surface area contributed by atoms with E-state index in [2.05, 4.69) is 10.4 Å². The van der Waals surface area contributed by atoms with Gasteiger partial charge in [0.15, 0.2) is 5.82 Å². The van der Waals surface area contributed by atoms with Gasteiger partial charge in [0.25, 0.3) is 5.91 Å². The number of fused-ring (bicyclic) bond motifs is 1. The summed E-state index contributed by atoms with van der Waals surface area (Å²) in [7, 11) is 0. The molecule has 0 saturated heterocycles. The van der Waals surface area contributed by atoms with Crippen LogP contribution in [0.15, 0.2) is 71.5 Å². The Labute approximate surface area is 177 Å². The molecule has 1 aliphatic carbocycles. The highest BCUT2D eigenvalue weighted by molar-refractivity contribution is 6.06. The second kappa shape index (κ2) is 7.83. The molecule has 0 atom stereocenters. The van der Waals surface area contributed by atoms with Gasteiger partial charge in [0.05, 0.1) is 6.54 Å². The van der Waals surface area contributed by atoms with Crippen molar-refractivity contribution < 1.29 is 9.18 Å². The third kappa shape index (κ3) is 3.74. The Morgan fingerprint density at radius 1 is 1.03 bits per heavy atom. The fraction of sp³-hybridized carbons (Fsp3) is 0.208. The number of rotatable bonds is 6. The number of nitrogens with one attached hydrogen (secondary N) is 1. The van der Waals surface area contributed by atoms with Crippen LogP contribution in [0.3, 0.4) is 0 Å². The number of hydrogen-bond acceptors (Lipinski definition) is 3. The molecular weight excluding hydrogens is 395 g/mol. The molecule has 0 aliphatic heterocycles. The molecule has 0 radical (unpaired) electrons. The van der Waals surface area contributed by atoms with Gasteiger partial charge in [-0.15, -0.1) is 5.10 Å². The molecule has 1 aromatic heterocycles. The monoisotopic (exact) mass is 416 g/mol. The normalized spacial score (nSPS) is 13.5. The third-order valence-electron chi connectivity index (χ3n) is 5.53.